The molecule has 128 valence electrons. The molecule has 0 saturated carbocycles. The summed E-state index contributed by atoms with van der Waals surface area (Å²) in [7, 11) is 1.48. The zero-order chi connectivity index (χ0) is 18.1. The highest BCUT2D eigenvalue weighted by Gasteiger charge is 2.11. The van der Waals surface area contributed by atoms with Gasteiger partial charge in [0.25, 0.3) is 0 Å². The number of hydrogen-bond acceptors (Lipinski definition) is 5. The molecular formula is C20H19NO4. The first kappa shape index (κ1) is 18.1. The number of esters is 1. The van der Waals surface area contributed by atoms with Gasteiger partial charge in [-0.05, 0) is 47.9 Å². The Morgan fingerprint density at radius 3 is 2.76 bits per heavy atom. The highest BCUT2D eigenvalue weighted by atomic mass is 16.6. The van der Waals surface area contributed by atoms with Crippen LogP contribution in [0.15, 0.2) is 48.5 Å². The molecule has 0 atom stereocenters. The zero-order valence-corrected chi connectivity index (χ0v) is 14.2. The minimum Gasteiger partial charge on any atom is -0.493 e. The molecule has 25 heavy (non-hydrogen) atoms. The monoisotopic (exact) mass is 337 g/mol. The van der Waals surface area contributed by atoms with Crippen LogP contribution in [-0.4, -0.2) is 19.7 Å². The van der Waals surface area contributed by atoms with E-state index in [0.29, 0.717) is 17.2 Å². The van der Waals surface area contributed by atoms with Crippen molar-refractivity contribution in [3.05, 3.63) is 59.7 Å². The number of aryl methyl sites for hydroxylation is 1. The van der Waals surface area contributed by atoms with Gasteiger partial charge >= 0.3 is 5.97 Å². The fourth-order valence-corrected chi connectivity index (χ4v) is 2.16. The van der Waals surface area contributed by atoms with Crippen LogP contribution in [0.25, 0.3) is 6.08 Å². The van der Waals surface area contributed by atoms with E-state index in [4.69, 9.17) is 19.5 Å². The Morgan fingerprint density at radius 1 is 1.20 bits per heavy atom. The molecule has 5 heteroatoms. The van der Waals surface area contributed by atoms with E-state index in [0.717, 1.165) is 17.5 Å². The topological polar surface area (TPSA) is 68.5 Å². The van der Waals surface area contributed by atoms with Gasteiger partial charge in [-0.15, -0.1) is 0 Å². The third-order valence-electron chi connectivity index (χ3n) is 3.43. The first-order valence-corrected chi connectivity index (χ1v) is 7.83. The molecule has 2 aromatic rings. The number of hydrogen-bond donors (Lipinski definition) is 0. The van der Waals surface area contributed by atoms with E-state index in [1.807, 2.05) is 24.3 Å². The predicted octanol–water partition coefficient (Wildman–Crippen LogP) is 3.78. The van der Waals surface area contributed by atoms with E-state index >= 15 is 0 Å². The largest absolute Gasteiger partial charge is 0.493 e. The van der Waals surface area contributed by atoms with Crippen molar-refractivity contribution in [1.82, 2.24) is 0 Å². The SMILES string of the molecule is CCc1cccc(OCC(=O)Oc2ccc(/C=C\C#N)cc2OC)c1. The Bertz CT molecular complexity index is 806. The second-order valence-electron chi connectivity index (χ2n) is 5.14. The molecule has 0 amide bonds. The average Bonchev–Trinajstić information content (AvgIpc) is 2.65. The van der Waals surface area contributed by atoms with Crippen molar-refractivity contribution in [2.45, 2.75) is 13.3 Å². The third kappa shape index (κ3) is 5.40. The fourth-order valence-electron chi connectivity index (χ4n) is 2.16. The van der Waals surface area contributed by atoms with Crippen LogP contribution in [-0.2, 0) is 11.2 Å². The lowest BCUT2D eigenvalue weighted by Gasteiger charge is -2.11. The first-order valence-electron chi connectivity index (χ1n) is 7.83. The van der Waals surface area contributed by atoms with Crippen LogP contribution in [0, 0.1) is 11.3 Å². The summed E-state index contributed by atoms with van der Waals surface area (Å²) in [5.74, 6) is 0.801. The molecule has 0 spiro atoms. The number of ether oxygens (including phenoxy) is 3. The predicted molar refractivity (Wildman–Crippen MR) is 94.6 cm³/mol. The van der Waals surface area contributed by atoms with Crippen LogP contribution >= 0.6 is 0 Å². The Hall–Kier alpha value is -3.26. The van der Waals surface area contributed by atoms with Gasteiger partial charge in [0.1, 0.15) is 5.75 Å². The van der Waals surface area contributed by atoms with Crippen molar-refractivity contribution in [2.75, 3.05) is 13.7 Å². The molecule has 0 N–H and O–H groups in total. The quantitative estimate of drug-likeness (QED) is 0.437. The molecule has 0 unspecified atom stereocenters. The number of nitriles is 1. The number of carbonyl (C=O) groups is 1. The Morgan fingerprint density at radius 2 is 2.04 bits per heavy atom. The second-order valence-corrected chi connectivity index (χ2v) is 5.14. The van der Waals surface area contributed by atoms with E-state index in [2.05, 4.69) is 6.92 Å². The van der Waals surface area contributed by atoms with Gasteiger partial charge in [0.2, 0.25) is 0 Å². The second kappa shape index (κ2) is 9.14. The van der Waals surface area contributed by atoms with Gasteiger partial charge < -0.3 is 14.2 Å². The van der Waals surface area contributed by atoms with E-state index in [-0.39, 0.29) is 6.61 Å². The smallest absolute Gasteiger partial charge is 0.349 e. The molecule has 2 rings (SSSR count). The fraction of sp³-hybridized carbons (Fsp3) is 0.200. The molecule has 0 aliphatic carbocycles. The molecule has 0 heterocycles. The molecule has 5 nitrogen and oxygen atoms in total. The Labute approximate surface area is 147 Å². The van der Waals surface area contributed by atoms with E-state index < -0.39 is 5.97 Å². The van der Waals surface area contributed by atoms with Gasteiger partial charge in [-0.3, -0.25) is 0 Å². The Balaban J connectivity index is 1.99. The summed E-state index contributed by atoms with van der Waals surface area (Å²) in [5.41, 5.74) is 1.90. The van der Waals surface area contributed by atoms with Crippen molar-refractivity contribution in [1.29, 1.82) is 5.26 Å². The van der Waals surface area contributed by atoms with E-state index in [1.54, 1.807) is 30.3 Å². The summed E-state index contributed by atoms with van der Waals surface area (Å²) in [6, 6.07) is 14.5. The lowest BCUT2D eigenvalue weighted by molar-refractivity contribution is -0.136. The zero-order valence-electron chi connectivity index (χ0n) is 14.2. The van der Waals surface area contributed by atoms with Crippen LogP contribution in [0.1, 0.15) is 18.1 Å². The van der Waals surface area contributed by atoms with Crippen molar-refractivity contribution in [3.63, 3.8) is 0 Å². The first-order chi connectivity index (χ1) is 12.2. The van der Waals surface area contributed by atoms with Gasteiger partial charge in [-0.2, -0.15) is 5.26 Å². The molecule has 0 aromatic heterocycles. The maximum absolute atomic E-state index is 12.0. The molecule has 0 saturated heterocycles. The summed E-state index contributed by atoms with van der Waals surface area (Å²) in [4.78, 5) is 12.0. The van der Waals surface area contributed by atoms with Gasteiger partial charge in [-0.1, -0.05) is 25.1 Å². The van der Waals surface area contributed by atoms with Gasteiger partial charge in [0, 0.05) is 6.08 Å². The van der Waals surface area contributed by atoms with E-state index in [1.165, 1.54) is 13.2 Å². The molecule has 0 aliphatic rings. The van der Waals surface area contributed by atoms with Crippen LogP contribution in [0.3, 0.4) is 0 Å². The molecule has 0 radical (unpaired) electrons. The minimum absolute atomic E-state index is 0.202. The van der Waals surface area contributed by atoms with Crippen molar-refractivity contribution in [2.24, 2.45) is 0 Å². The molecule has 0 bridgehead atoms. The summed E-state index contributed by atoms with van der Waals surface area (Å²) in [6.45, 7) is 1.85. The lowest BCUT2D eigenvalue weighted by atomic mass is 10.2. The number of benzene rings is 2. The number of nitrogens with zero attached hydrogens (tertiary/aromatic N) is 1. The Kier molecular flexibility index (Phi) is 6.61. The van der Waals surface area contributed by atoms with Gasteiger partial charge in [0.15, 0.2) is 18.1 Å². The highest BCUT2D eigenvalue weighted by molar-refractivity contribution is 5.75. The molecular weight excluding hydrogens is 318 g/mol. The number of rotatable bonds is 7. The number of carbonyl (C=O) groups excluding carboxylic acids is 1. The average molecular weight is 337 g/mol. The van der Waals surface area contributed by atoms with E-state index in [9.17, 15) is 4.79 Å². The molecule has 0 fully saturated rings. The molecule has 0 aliphatic heterocycles. The van der Waals surface area contributed by atoms with Crippen molar-refractivity contribution < 1.29 is 19.0 Å². The third-order valence-corrected chi connectivity index (χ3v) is 3.43. The van der Waals surface area contributed by atoms with Crippen LogP contribution in [0.4, 0.5) is 0 Å². The standard InChI is InChI=1S/C20H19NO4/c1-3-15-6-4-8-17(12-15)24-14-20(22)25-18-10-9-16(7-5-11-21)13-19(18)23-2/h4-10,12-13H,3,14H2,1-2H3/b7-5-. The molecule has 2 aromatic carbocycles. The number of methoxy groups -OCH3 is 1. The number of allylic oxidation sites excluding steroid dienone is 1. The van der Waals surface area contributed by atoms with Crippen molar-refractivity contribution in [3.8, 4) is 23.3 Å². The van der Waals surface area contributed by atoms with Gasteiger partial charge in [-0.25, -0.2) is 4.79 Å². The lowest BCUT2D eigenvalue weighted by Crippen LogP contribution is -2.18. The normalized spacial score (nSPS) is 10.3. The highest BCUT2D eigenvalue weighted by Crippen LogP contribution is 2.28. The van der Waals surface area contributed by atoms with Crippen molar-refractivity contribution >= 4 is 12.0 Å². The van der Waals surface area contributed by atoms with Gasteiger partial charge in [0.05, 0.1) is 13.2 Å². The minimum atomic E-state index is -0.527. The summed E-state index contributed by atoms with van der Waals surface area (Å²) in [5, 5.41) is 8.56. The maximum atomic E-state index is 12.0. The summed E-state index contributed by atoms with van der Waals surface area (Å²) in [6.07, 6.45) is 3.89. The van der Waals surface area contributed by atoms with Crippen LogP contribution < -0.4 is 14.2 Å². The maximum Gasteiger partial charge on any atom is 0.349 e. The summed E-state index contributed by atoms with van der Waals surface area (Å²) >= 11 is 0. The summed E-state index contributed by atoms with van der Waals surface area (Å²) < 4.78 is 16.0. The van der Waals surface area contributed by atoms with Crippen LogP contribution in [0.5, 0.6) is 17.2 Å². The van der Waals surface area contributed by atoms with Crippen LogP contribution in [0.2, 0.25) is 0 Å².